The summed E-state index contributed by atoms with van der Waals surface area (Å²) in [5.74, 6) is -1.14. The zero-order valence-electron chi connectivity index (χ0n) is 12.9. The van der Waals surface area contributed by atoms with Gasteiger partial charge in [-0.3, -0.25) is 0 Å². The maximum Gasteiger partial charge on any atom is 0.352 e. The van der Waals surface area contributed by atoms with Crippen molar-refractivity contribution in [1.82, 2.24) is 8.87 Å². The number of carboxylic acids is 1. The average Bonchev–Trinajstić information content (AvgIpc) is 3.12. The van der Waals surface area contributed by atoms with E-state index in [1.807, 2.05) is 18.4 Å². The van der Waals surface area contributed by atoms with Crippen LogP contribution in [0.5, 0.6) is 0 Å². The first-order chi connectivity index (χ1) is 10.9. The Hall–Kier alpha value is -1.64. The second-order valence-electron chi connectivity index (χ2n) is 5.57. The number of carboxylic acid groups (broad SMARTS) is 1. The van der Waals surface area contributed by atoms with Crippen molar-refractivity contribution in [2.75, 3.05) is 6.54 Å². The standard InChI is InChI=1S/C15H18N2O4S2/c1-3-12-11-5-7-22-14(11)4-6-17(12)23(20,21)10-8-13(15(18)19)16(2)9-10/h5,7-9,12H,3-4,6H2,1-2H3,(H,18,19). The lowest BCUT2D eigenvalue weighted by Gasteiger charge is -2.34. The summed E-state index contributed by atoms with van der Waals surface area (Å²) in [7, 11) is -2.19. The van der Waals surface area contributed by atoms with Gasteiger partial charge in [0.05, 0.1) is 6.04 Å². The van der Waals surface area contributed by atoms with Gasteiger partial charge >= 0.3 is 5.97 Å². The molecule has 1 atom stereocenters. The van der Waals surface area contributed by atoms with Gasteiger partial charge in [-0.05, 0) is 35.9 Å². The van der Waals surface area contributed by atoms with Crippen molar-refractivity contribution in [3.05, 3.63) is 39.8 Å². The summed E-state index contributed by atoms with van der Waals surface area (Å²) in [5.41, 5.74) is 1.03. The maximum absolute atomic E-state index is 13.0. The highest BCUT2D eigenvalue weighted by molar-refractivity contribution is 7.89. The number of thiophene rings is 1. The molecule has 1 N–H and O–H groups in total. The Morgan fingerprint density at radius 3 is 2.83 bits per heavy atom. The Kier molecular flexibility index (Phi) is 4.07. The predicted octanol–water partition coefficient (Wildman–Crippen LogP) is 2.48. The molecule has 0 bridgehead atoms. The van der Waals surface area contributed by atoms with Crippen LogP contribution in [0.15, 0.2) is 28.6 Å². The van der Waals surface area contributed by atoms with Gasteiger partial charge in [0.2, 0.25) is 10.0 Å². The fourth-order valence-corrected chi connectivity index (χ4v) is 5.79. The number of carbonyl (C=O) groups is 1. The van der Waals surface area contributed by atoms with Crippen LogP contribution in [0, 0.1) is 0 Å². The van der Waals surface area contributed by atoms with Crippen molar-refractivity contribution in [1.29, 1.82) is 0 Å². The molecule has 3 rings (SSSR count). The zero-order valence-corrected chi connectivity index (χ0v) is 14.5. The molecule has 8 heteroatoms. The normalized spacial score (nSPS) is 18.8. The Bertz CT molecular complexity index is 851. The maximum atomic E-state index is 13.0. The largest absolute Gasteiger partial charge is 0.477 e. The van der Waals surface area contributed by atoms with Gasteiger partial charge in [0.25, 0.3) is 0 Å². The zero-order chi connectivity index (χ0) is 16.8. The second kappa shape index (κ2) is 5.77. The molecule has 0 radical (unpaired) electrons. The quantitative estimate of drug-likeness (QED) is 0.915. The summed E-state index contributed by atoms with van der Waals surface area (Å²) < 4.78 is 28.8. The van der Waals surface area contributed by atoms with Crippen molar-refractivity contribution in [3.63, 3.8) is 0 Å². The monoisotopic (exact) mass is 354 g/mol. The van der Waals surface area contributed by atoms with Gasteiger partial charge in [-0.2, -0.15) is 4.31 Å². The topological polar surface area (TPSA) is 79.6 Å². The van der Waals surface area contributed by atoms with Crippen LogP contribution in [-0.4, -0.2) is 34.9 Å². The Morgan fingerprint density at radius 2 is 2.22 bits per heavy atom. The van der Waals surface area contributed by atoms with Crippen LogP contribution >= 0.6 is 11.3 Å². The van der Waals surface area contributed by atoms with Gasteiger partial charge in [0.1, 0.15) is 10.6 Å². The third kappa shape index (κ3) is 2.60. The van der Waals surface area contributed by atoms with Gasteiger partial charge in [0.15, 0.2) is 0 Å². The number of hydrogen-bond acceptors (Lipinski definition) is 4. The molecule has 23 heavy (non-hydrogen) atoms. The number of aromatic carboxylic acids is 1. The number of rotatable bonds is 4. The van der Waals surface area contributed by atoms with E-state index in [4.69, 9.17) is 5.11 Å². The van der Waals surface area contributed by atoms with E-state index in [9.17, 15) is 13.2 Å². The van der Waals surface area contributed by atoms with Gasteiger partial charge < -0.3 is 9.67 Å². The molecular formula is C15H18N2O4S2. The first-order valence-electron chi connectivity index (χ1n) is 7.34. The van der Waals surface area contributed by atoms with Crippen LogP contribution in [0.1, 0.15) is 40.3 Å². The Labute approximate surface area is 139 Å². The van der Waals surface area contributed by atoms with E-state index in [1.165, 1.54) is 33.1 Å². The number of sulfonamides is 1. The van der Waals surface area contributed by atoms with E-state index in [0.717, 1.165) is 5.56 Å². The molecule has 0 saturated carbocycles. The highest BCUT2D eigenvalue weighted by atomic mass is 32.2. The molecule has 0 amide bonds. The first-order valence-corrected chi connectivity index (χ1v) is 9.66. The Balaban J connectivity index is 2.03. The smallest absolute Gasteiger partial charge is 0.352 e. The molecule has 0 fully saturated rings. The number of nitrogens with zero attached hydrogens (tertiary/aromatic N) is 2. The van der Waals surface area contributed by atoms with Gasteiger partial charge in [-0.25, -0.2) is 13.2 Å². The van der Waals surface area contributed by atoms with Crippen molar-refractivity contribution in [3.8, 4) is 0 Å². The van der Waals surface area contributed by atoms with Crippen LogP contribution < -0.4 is 0 Å². The van der Waals surface area contributed by atoms with Crippen molar-refractivity contribution < 1.29 is 18.3 Å². The van der Waals surface area contributed by atoms with E-state index in [1.54, 1.807) is 11.3 Å². The minimum Gasteiger partial charge on any atom is -0.477 e. The van der Waals surface area contributed by atoms with Gasteiger partial charge in [-0.15, -0.1) is 11.3 Å². The minimum atomic E-state index is -3.73. The van der Waals surface area contributed by atoms with Gasteiger partial charge in [-0.1, -0.05) is 6.92 Å². The lowest BCUT2D eigenvalue weighted by molar-refractivity contribution is 0.0686. The molecule has 1 aliphatic rings. The summed E-state index contributed by atoms with van der Waals surface area (Å²) in [6, 6.07) is 3.03. The molecule has 0 aliphatic carbocycles. The first kappa shape index (κ1) is 16.2. The fourth-order valence-electron chi connectivity index (χ4n) is 3.11. The summed E-state index contributed by atoms with van der Waals surface area (Å²) >= 11 is 1.66. The third-order valence-corrected chi connectivity index (χ3v) is 7.11. The van der Waals surface area contributed by atoms with Crippen molar-refractivity contribution in [2.24, 2.45) is 7.05 Å². The van der Waals surface area contributed by atoms with E-state index in [0.29, 0.717) is 19.4 Å². The Morgan fingerprint density at radius 1 is 1.48 bits per heavy atom. The van der Waals surface area contributed by atoms with Crippen LogP contribution in [0.4, 0.5) is 0 Å². The molecule has 2 aromatic heterocycles. The summed E-state index contributed by atoms with van der Waals surface area (Å²) in [4.78, 5) is 12.4. The molecular weight excluding hydrogens is 336 g/mol. The highest BCUT2D eigenvalue weighted by Crippen LogP contribution is 2.38. The lowest BCUT2D eigenvalue weighted by Crippen LogP contribution is -2.39. The molecule has 2 aromatic rings. The molecule has 1 aliphatic heterocycles. The lowest BCUT2D eigenvalue weighted by atomic mass is 10.0. The molecule has 0 spiro atoms. The molecule has 3 heterocycles. The van der Waals surface area contributed by atoms with Crippen molar-refractivity contribution in [2.45, 2.75) is 30.7 Å². The number of aryl methyl sites for hydroxylation is 1. The molecule has 124 valence electrons. The second-order valence-corrected chi connectivity index (χ2v) is 8.46. The highest BCUT2D eigenvalue weighted by Gasteiger charge is 2.36. The molecule has 6 nitrogen and oxygen atoms in total. The minimum absolute atomic E-state index is 0.0366. The summed E-state index contributed by atoms with van der Waals surface area (Å²) in [6.07, 6.45) is 2.75. The molecule has 0 saturated heterocycles. The van der Waals surface area contributed by atoms with Crippen LogP contribution in [0.3, 0.4) is 0 Å². The average molecular weight is 354 g/mol. The molecule has 0 aromatic carbocycles. The van der Waals surface area contributed by atoms with E-state index in [2.05, 4.69) is 0 Å². The molecule has 1 unspecified atom stereocenters. The van der Waals surface area contributed by atoms with Crippen LogP contribution in [-0.2, 0) is 23.5 Å². The van der Waals surface area contributed by atoms with Gasteiger partial charge in [0, 0.05) is 24.7 Å². The van der Waals surface area contributed by atoms with Crippen LogP contribution in [0.25, 0.3) is 0 Å². The number of fused-ring (bicyclic) bond motifs is 1. The SMILES string of the molecule is CCC1c2ccsc2CCN1S(=O)(=O)c1cc(C(=O)O)n(C)c1. The van der Waals surface area contributed by atoms with Crippen molar-refractivity contribution >= 4 is 27.3 Å². The van der Waals surface area contributed by atoms with E-state index < -0.39 is 16.0 Å². The van der Waals surface area contributed by atoms with Crippen LogP contribution in [0.2, 0.25) is 0 Å². The summed E-state index contributed by atoms with van der Waals surface area (Å²) in [5, 5.41) is 11.1. The third-order valence-electron chi connectivity index (χ3n) is 4.24. The van der Waals surface area contributed by atoms with E-state index >= 15 is 0 Å². The predicted molar refractivity (Wildman–Crippen MR) is 87.3 cm³/mol. The summed E-state index contributed by atoms with van der Waals surface area (Å²) in [6.45, 7) is 2.39. The number of hydrogen-bond donors (Lipinski definition) is 1. The van der Waals surface area contributed by atoms with E-state index in [-0.39, 0.29) is 16.6 Å². The fraction of sp³-hybridized carbons (Fsp3) is 0.400. The number of aromatic nitrogens is 1.